The largest absolute Gasteiger partial charge is 0.504 e. The zero-order valence-electron chi connectivity index (χ0n) is 14.7. The number of likely N-dealkylation sites (tertiary alicyclic amines) is 1. The van der Waals surface area contributed by atoms with Crippen LogP contribution in [0.25, 0.3) is 0 Å². The number of rotatable bonds is 2. The van der Waals surface area contributed by atoms with E-state index in [0.717, 1.165) is 56.7 Å². The number of hydrogen-bond donors (Lipinski definition) is 2. The van der Waals surface area contributed by atoms with Crippen molar-refractivity contribution in [2.24, 2.45) is 11.8 Å². The van der Waals surface area contributed by atoms with Crippen LogP contribution < -0.4 is 4.74 Å². The Balaban J connectivity index is 1.56. The summed E-state index contributed by atoms with van der Waals surface area (Å²) >= 11 is 0. The lowest BCUT2D eigenvalue weighted by Crippen LogP contribution is -2.73. The number of ether oxygens (including phenoxy) is 1. The number of benzene rings is 1. The predicted molar refractivity (Wildman–Crippen MR) is 94.0 cm³/mol. The molecule has 4 heteroatoms. The highest BCUT2D eigenvalue weighted by Crippen LogP contribution is 2.63. The molecular weight excluding hydrogens is 314 g/mol. The van der Waals surface area contributed by atoms with Crippen LogP contribution in [0.4, 0.5) is 0 Å². The Kier molecular flexibility index (Phi) is 2.80. The second-order valence-corrected chi connectivity index (χ2v) is 9.28. The van der Waals surface area contributed by atoms with Crippen molar-refractivity contribution < 1.29 is 14.9 Å². The van der Waals surface area contributed by atoms with Crippen LogP contribution in [-0.4, -0.2) is 46.5 Å². The molecule has 0 radical (unpaired) electrons. The van der Waals surface area contributed by atoms with Crippen molar-refractivity contribution in [3.05, 3.63) is 23.3 Å². The molecule has 2 aliphatic heterocycles. The number of hydrogen-bond acceptors (Lipinski definition) is 4. The quantitative estimate of drug-likeness (QED) is 0.868. The summed E-state index contributed by atoms with van der Waals surface area (Å²) in [5.41, 5.74) is 1.56. The summed E-state index contributed by atoms with van der Waals surface area (Å²) in [6.45, 7) is 2.91. The Bertz CT molecular complexity index is 745. The van der Waals surface area contributed by atoms with Crippen LogP contribution >= 0.6 is 0 Å². The predicted octanol–water partition coefficient (Wildman–Crippen LogP) is 2.59. The molecule has 2 N–H and O–H groups in total. The third-order valence-corrected chi connectivity index (χ3v) is 7.99. The molecule has 6 rings (SSSR count). The Labute approximate surface area is 148 Å². The highest BCUT2D eigenvalue weighted by Gasteiger charge is 2.66. The number of phenolic OH excluding ortho intramolecular Hbond substituents is 1. The molecule has 3 bridgehead atoms. The van der Waals surface area contributed by atoms with Crippen molar-refractivity contribution in [1.82, 2.24) is 4.90 Å². The molecule has 2 heterocycles. The second-order valence-electron chi connectivity index (χ2n) is 9.28. The van der Waals surface area contributed by atoms with Gasteiger partial charge in [-0.2, -0.15) is 0 Å². The van der Waals surface area contributed by atoms with Crippen LogP contribution in [0.15, 0.2) is 12.1 Å². The first-order valence-corrected chi connectivity index (χ1v) is 10.1. The first-order valence-electron chi connectivity index (χ1n) is 10.1. The van der Waals surface area contributed by atoms with E-state index >= 15 is 0 Å². The van der Waals surface area contributed by atoms with E-state index in [1.165, 1.54) is 18.4 Å². The number of piperidine rings is 1. The minimum atomic E-state index is -0.667. The zero-order chi connectivity index (χ0) is 16.8. The van der Waals surface area contributed by atoms with Gasteiger partial charge in [0.2, 0.25) is 0 Å². The SMILES string of the molecule is Oc1ccc2c3c1OC[C@H]1CC[C@@]4(O)[C@@H](C2)N(CC2CC2)CC[C@@]34C1. The third kappa shape index (κ3) is 1.80. The van der Waals surface area contributed by atoms with Crippen molar-refractivity contribution in [2.45, 2.75) is 62.0 Å². The van der Waals surface area contributed by atoms with Gasteiger partial charge in [-0.15, -0.1) is 0 Å². The van der Waals surface area contributed by atoms with Gasteiger partial charge in [-0.1, -0.05) is 6.07 Å². The van der Waals surface area contributed by atoms with Crippen LogP contribution in [-0.2, 0) is 11.8 Å². The summed E-state index contributed by atoms with van der Waals surface area (Å²) in [5, 5.41) is 22.6. The third-order valence-electron chi connectivity index (χ3n) is 7.99. The molecular formula is C21H27NO3. The maximum atomic E-state index is 12.1. The molecule has 2 saturated carbocycles. The van der Waals surface area contributed by atoms with Crippen molar-refractivity contribution in [1.29, 1.82) is 0 Å². The van der Waals surface area contributed by atoms with Gasteiger partial charge in [0.05, 0.1) is 12.2 Å². The van der Waals surface area contributed by atoms with E-state index in [9.17, 15) is 10.2 Å². The molecule has 1 spiro atoms. The molecule has 4 atom stereocenters. The fourth-order valence-corrected chi connectivity index (χ4v) is 6.63. The molecule has 134 valence electrons. The van der Waals surface area contributed by atoms with Crippen LogP contribution in [0.5, 0.6) is 11.5 Å². The Hall–Kier alpha value is -1.26. The van der Waals surface area contributed by atoms with Gasteiger partial charge < -0.3 is 14.9 Å². The molecule has 0 unspecified atom stereocenters. The first kappa shape index (κ1) is 14.9. The van der Waals surface area contributed by atoms with Crippen LogP contribution in [0, 0.1) is 11.8 Å². The summed E-state index contributed by atoms with van der Waals surface area (Å²) in [6.07, 6.45) is 7.53. The zero-order valence-corrected chi connectivity index (χ0v) is 14.7. The smallest absolute Gasteiger partial charge is 0.165 e. The molecule has 4 nitrogen and oxygen atoms in total. The molecule has 0 aromatic heterocycles. The van der Waals surface area contributed by atoms with Gasteiger partial charge in [0.15, 0.2) is 11.5 Å². The standard InChI is InChI=1S/C21H27NO3/c23-16-4-3-15-9-17-21(24)6-5-14-10-20(21,18(15)19(16)25-12-14)7-8-22(17)11-13-1-2-13/h3-4,13-14,17,23-24H,1-2,5-12H2/t14-,17+,20+,21+/m0/s1. The molecule has 1 aromatic rings. The number of aromatic hydroxyl groups is 1. The summed E-state index contributed by atoms with van der Waals surface area (Å²) in [7, 11) is 0. The van der Waals surface area contributed by atoms with E-state index in [-0.39, 0.29) is 17.2 Å². The minimum Gasteiger partial charge on any atom is -0.504 e. The summed E-state index contributed by atoms with van der Waals surface area (Å²) in [5.74, 6) is 2.27. The number of phenols is 1. The highest BCUT2D eigenvalue weighted by atomic mass is 16.5. The molecule has 3 fully saturated rings. The monoisotopic (exact) mass is 341 g/mol. The van der Waals surface area contributed by atoms with Crippen LogP contribution in [0.1, 0.15) is 49.7 Å². The van der Waals surface area contributed by atoms with Gasteiger partial charge in [0.1, 0.15) is 0 Å². The topological polar surface area (TPSA) is 52.9 Å². The van der Waals surface area contributed by atoms with Gasteiger partial charge in [-0.25, -0.2) is 0 Å². The fourth-order valence-electron chi connectivity index (χ4n) is 6.63. The van der Waals surface area contributed by atoms with Gasteiger partial charge in [-0.3, -0.25) is 4.90 Å². The number of nitrogens with zero attached hydrogens (tertiary/aromatic N) is 1. The van der Waals surface area contributed by atoms with Crippen molar-refractivity contribution in [2.75, 3.05) is 19.7 Å². The van der Waals surface area contributed by atoms with Crippen molar-refractivity contribution >= 4 is 0 Å². The summed E-state index contributed by atoms with van der Waals surface area (Å²) in [6, 6.07) is 4.11. The average Bonchev–Trinajstić information content (AvgIpc) is 3.41. The molecule has 25 heavy (non-hydrogen) atoms. The lowest BCUT2D eigenvalue weighted by molar-refractivity contribution is -0.173. The van der Waals surface area contributed by atoms with E-state index in [0.29, 0.717) is 18.3 Å². The van der Waals surface area contributed by atoms with Gasteiger partial charge in [0, 0.05) is 23.6 Å². The van der Waals surface area contributed by atoms with Gasteiger partial charge in [-0.05, 0) is 75.0 Å². The van der Waals surface area contributed by atoms with E-state index in [1.54, 1.807) is 6.07 Å². The second kappa shape index (κ2) is 4.72. The number of aliphatic hydroxyl groups is 1. The Morgan fingerprint density at radius 3 is 2.92 bits per heavy atom. The molecule has 0 amide bonds. The van der Waals surface area contributed by atoms with Crippen molar-refractivity contribution in [3.63, 3.8) is 0 Å². The van der Waals surface area contributed by atoms with E-state index < -0.39 is 5.60 Å². The summed E-state index contributed by atoms with van der Waals surface area (Å²) in [4.78, 5) is 2.60. The maximum Gasteiger partial charge on any atom is 0.165 e. The highest BCUT2D eigenvalue weighted by molar-refractivity contribution is 5.59. The Morgan fingerprint density at radius 2 is 2.08 bits per heavy atom. The number of fused-ring (bicyclic) bond motifs is 1. The molecule has 1 aromatic carbocycles. The van der Waals surface area contributed by atoms with Crippen LogP contribution in [0.3, 0.4) is 0 Å². The molecule has 3 aliphatic carbocycles. The lowest BCUT2D eigenvalue weighted by Gasteiger charge is -2.64. The lowest BCUT2D eigenvalue weighted by atomic mass is 9.48. The van der Waals surface area contributed by atoms with Gasteiger partial charge >= 0.3 is 0 Å². The van der Waals surface area contributed by atoms with E-state index in [2.05, 4.69) is 11.0 Å². The van der Waals surface area contributed by atoms with Crippen LogP contribution in [0.2, 0.25) is 0 Å². The summed E-state index contributed by atoms with van der Waals surface area (Å²) < 4.78 is 6.11. The van der Waals surface area contributed by atoms with Crippen molar-refractivity contribution in [3.8, 4) is 11.5 Å². The first-order chi connectivity index (χ1) is 12.1. The normalized spacial score (nSPS) is 41.8. The minimum absolute atomic E-state index is 0.223. The average molecular weight is 341 g/mol. The fraction of sp³-hybridized carbons (Fsp3) is 0.714. The van der Waals surface area contributed by atoms with E-state index in [4.69, 9.17) is 4.74 Å². The van der Waals surface area contributed by atoms with Gasteiger partial charge in [0.25, 0.3) is 0 Å². The Morgan fingerprint density at radius 1 is 1.20 bits per heavy atom. The molecule has 5 aliphatic rings. The molecule has 1 saturated heterocycles. The van der Waals surface area contributed by atoms with E-state index in [1.807, 2.05) is 0 Å². The maximum absolute atomic E-state index is 12.1.